The number of hydrogen-bond acceptors (Lipinski definition) is 7. The zero-order valence-corrected chi connectivity index (χ0v) is 15.4. The minimum absolute atomic E-state index is 0.0434. The normalized spacial score (nSPS) is 19.2. The largest absolute Gasteiger partial charge is 0.360 e. The smallest absolute Gasteiger partial charge is 0.263 e. The molecule has 2 aromatic rings. The maximum Gasteiger partial charge on any atom is 0.263 e. The van der Waals surface area contributed by atoms with E-state index in [1.807, 2.05) is 0 Å². The molecule has 140 valence electrons. The molecule has 0 spiro atoms. The highest BCUT2D eigenvalue weighted by Gasteiger charge is 2.29. The van der Waals surface area contributed by atoms with Crippen LogP contribution >= 0.6 is 0 Å². The lowest BCUT2D eigenvalue weighted by atomic mass is 10.2. The van der Waals surface area contributed by atoms with Gasteiger partial charge in [0, 0.05) is 17.7 Å². The Bertz CT molecular complexity index is 1030. The van der Waals surface area contributed by atoms with Gasteiger partial charge in [0.1, 0.15) is 5.76 Å². The Morgan fingerprint density at radius 3 is 2.50 bits per heavy atom. The van der Waals surface area contributed by atoms with Gasteiger partial charge in [-0.2, -0.15) is 0 Å². The molecule has 0 aliphatic carbocycles. The van der Waals surface area contributed by atoms with Crippen LogP contribution in [0.2, 0.25) is 0 Å². The Hall–Kier alpha value is -2.40. The molecular formula is C15H17N3O6S2. The van der Waals surface area contributed by atoms with Crippen molar-refractivity contribution in [3.8, 4) is 0 Å². The molecule has 0 bridgehead atoms. The van der Waals surface area contributed by atoms with Crippen LogP contribution in [0.5, 0.6) is 0 Å². The molecule has 1 atom stereocenters. The molecule has 1 aromatic heterocycles. The number of aromatic nitrogens is 1. The highest BCUT2D eigenvalue weighted by molar-refractivity contribution is 7.92. The van der Waals surface area contributed by atoms with Gasteiger partial charge in [-0.05, 0) is 37.6 Å². The van der Waals surface area contributed by atoms with Crippen LogP contribution in [0.25, 0.3) is 0 Å². The molecular weight excluding hydrogens is 382 g/mol. The molecule has 3 rings (SSSR count). The Morgan fingerprint density at radius 1 is 1.27 bits per heavy atom. The fraction of sp³-hybridized carbons (Fsp3) is 0.333. The van der Waals surface area contributed by atoms with E-state index in [0.29, 0.717) is 12.2 Å². The first-order valence-electron chi connectivity index (χ1n) is 7.72. The Kier molecular flexibility index (Phi) is 4.76. The number of hydrogen-bond donors (Lipinski definition) is 2. The van der Waals surface area contributed by atoms with Gasteiger partial charge in [0.25, 0.3) is 15.9 Å². The number of nitrogens with zero attached hydrogens (tertiary/aromatic N) is 1. The van der Waals surface area contributed by atoms with Gasteiger partial charge in [-0.3, -0.25) is 9.52 Å². The van der Waals surface area contributed by atoms with Crippen molar-refractivity contribution in [1.29, 1.82) is 0 Å². The van der Waals surface area contributed by atoms with Crippen molar-refractivity contribution in [3.63, 3.8) is 0 Å². The summed E-state index contributed by atoms with van der Waals surface area (Å²) in [4.78, 5) is 12.1. The lowest BCUT2D eigenvalue weighted by Crippen LogP contribution is -2.35. The molecule has 1 aliphatic rings. The lowest BCUT2D eigenvalue weighted by Gasteiger charge is -2.11. The number of sulfonamides is 1. The average Bonchev–Trinajstić information content (AvgIpc) is 3.12. The molecule has 1 fully saturated rings. The number of amides is 1. The first kappa shape index (κ1) is 18.4. The minimum atomic E-state index is -3.86. The summed E-state index contributed by atoms with van der Waals surface area (Å²) < 4.78 is 54.5. The fourth-order valence-corrected chi connectivity index (χ4v) is 5.23. The van der Waals surface area contributed by atoms with Crippen molar-refractivity contribution >= 4 is 31.6 Å². The molecule has 11 heteroatoms. The van der Waals surface area contributed by atoms with Crippen LogP contribution in [0.3, 0.4) is 0 Å². The number of carbonyl (C=O) groups is 1. The summed E-state index contributed by atoms with van der Waals surface area (Å²) >= 11 is 0. The van der Waals surface area contributed by atoms with Gasteiger partial charge in [0.15, 0.2) is 15.7 Å². The highest BCUT2D eigenvalue weighted by atomic mass is 32.2. The predicted octanol–water partition coefficient (Wildman–Crippen LogP) is 0.701. The molecule has 1 aromatic carbocycles. The number of benzene rings is 1. The van der Waals surface area contributed by atoms with Crippen LogP contribution in [0.15, 0.2) is 39.8 Å². The SMILES string of the molecule is Cc1cc(NS(=O)(=O)c2ccc(C(=O)NC3CCS(=O)(=O)C3)cc2)no1. The summed E-state index contributed by atoms with van der Waals surface area (Å²) in [6.45, 7) is 1.63. The molecule has 0 saturated carbocycles. The molecule has 26 heavy (non-hydrogen) atoms. The van der Waals surface area contributed by atoms with Gasteiger partial charge in [0.2, 0.25) is 0 Å². The quantitative estimate of drug-likeness (QED) is 0.755. The number of anilines is 1. The van der Waals surface area contributed by atoms with Crippen LogP contribution in [-0.4, -0.2) is 45.4 Å². The van der Waals surface area contributed by atoms with Crippen molar-refractivity contribution in [3.05, 3.63) is 41.7 Å². The third-order valence-corrected chi connectivity index (χ3v) is 7.00. The van der Waals surface area contributed by atoms with Crippen molar-refractivity contribution in [2.45, 2.75) is 24.3 Å². The Morgan fingerprint density at radius 2 is 1.96 bits per heavy atom. The van der Waals surface area contributed by atoms with E-state index < -0.39 is 31.8 Å². The van der Waals surface area contributed by atoms with Crippen LogP contribution in [0.1, 0.15) is 22.5 Å². The summed E-state index contributed by atoms with van der Waals surface area (Å²) in [5.41, 5.74) is 0.241. The summed E-state index contributed by atoms with van der Waals surface area (Å²) in [6.07, 6.45) is 0.377. The third kappa shape index (κ3) is 4.22. The van der Waals surface area contributed by atoms with Gasteiger partial charge in [-0.1, -0.05) is 5.16 Å². The molecule has 2 N–H and O–H groups in total. The second-order valence-electron chi connectivity index (χ2n) is 6.03. The monoisotopic (exact) mass is 399 g/mol. The van der Waals surface area contributed by atoms with Crippen molar-refractivity contribution < 1.29 is 26.2 Å². The van der Waals surface area contributed by atoms with E-state index >= 15 is 0 Å². The zero-order chi connectivity index (χ0) is 18.9. The number of aryl methyl sites for hydroxylation is 1. The van der Waals surface area contributed by atoms with Gasteiger partial charge in [-0.15, -0.1) is 0 Å². The summed E-state index contributed by atoms with van der Waals surface area (Å²) in [7, 11) is -6.96. The van der Waals surface area contributed by atoms with Crippen LogP contribution in [0.4, 0.5) is 5.82 Å². The number of nitrogens with one attached hydrogen (secondary N) is 2. The molecule has 9 nitrogen and oxygen atoms in total. The van der Waals surface area contributed by atoms with Gasteiger partial charge in [0.05, 0.1) is 16.4 Å². The van der Waals surface area contributed by atoms with Crippen molar-refractivity contribution in [2.24, 2.45) is 0 Å². The van der Waals surface area contributed by atoms with E-state index in [1.54, 1.807) is 6.92 Å². The molecule has 1 aliphatic heterocycles. The summed E-state index contributed by atoms with van der Waals surface area (Å²) in [5, 5.41) is 6.21. The standard InChI is InChI=1S/C15H17N3O6S2/c1-10-8-14(17-24-10)18-26(22,23)13-4-2-11(3-5-13)15(19)16-12-6-7-25(20,21)9-12/h2-5,8,12H,6-7,9H2,1H3,(H,16,19)(H,17,18). The van der Waals surface area contributed by atoms with E-state index in [0.717, 1.165) is 0 Å². The summed E-state index contributed by atoms with van der Waals surface area (Å²) in [6, 6.07) is 6.32. The average molecular weight is 399 g/mol. The van der Waals surface area contributed by atoms with Crippen molar-refractivity contribution in [1.82, 2.24) is 10.5 Å². The van der Waals surface area contributed by atoms with Crippen LogP contribution < -0.4 is 10.0 Å². The predicted molar refractivity (Wildman–Crippen MR) is 93.0 cm³/mol. The second kappa shape index (κ2) is 6.72. The third-order valence-electron chi connectivity index (χ3n) is 3.86. The fourth-order valence-electron chi connectivity index (χ4n) is 2.57. The molecule has 2 heterocycles. The van der Waals surface area contributed by atoms with E-state index in [-0.39, 0.29) is 27.8 Å². The zero-order valence-electron chi connectivity index (χ0n) is 13.8. The second-order valence-corrected chi connectivity index (χ2v) is 9.94. The van der Waals surface area contributed by atoms with E-state index in [2.05, 4.69) is 15.2 Å². The minimum Gasteiger partial charge on any atom is -0.360 e. The number of carbonyl (C=O) groups excluding carboxylic acids is 1. The molecule has 1 amide bonds. The first-order valence-corrected chi connectivity index (χ1v) is 11.0. The summed E-state index contributed by atoms with van der Waals surface area (Å²) in [5.74, 6) is 0.0562. The van der Waals surface area contributed by atoms with E-state index in [9.17, 15) is 21.6 Å². The van der Waals surface area contributed by atoms with E-state index in [4.69, 9.17) is 4.52 Å². The number of sulfone groups is 1. The topological polar surface area (TPSA) is 135 Å². The highest BCUT2D eigenvalue weighted by Crippen LogP contribution is 2.17. The Labute approximate surface area is 150 Å². The lowest BCUT2D eigenvalue weighted by molar-refractivity contribution is 0.0941. The van der Waals surface area contributed by atoms with Crippen molar-refractivity contribution in [2.75, 3.05) is 16.2 Å². The molecule has 0 radical (unpaired) electrons. The van der Waals surface area contributed by atoms with Crippen LogP contribution in [0, 0.1) is 6.92 Å². The van der Waals surface area contributed by atoms with Crippen LogP contribution in [-0.2, 0) is 19.9 Å². The first-order chi connectivity index (χ1) is 12.1. The Balaban J connectivity index is 1.68. The molecule has 1 unspecified atom stereocenters. The maximum absolute atomic E-state index is 12.3. The molecule has 1 saturated heterocycles. The van der Waals surface area contributed by atoms with Gasteiger partial charge in [-0.25, -0.2) is 16.8 Å². The van der Waals surface area contributed by atoms with E-state index in [1.165, 1.54) is 30.3 Å². The van der Waals surface area contributed by atoms with Gasteiger partial charge < -0.3 is 9.84 Å². The van der Waals surface area contributed by atoms with Gasteiger partial charge >= 0.3 is 0 Å². The maximum atomic E-state index is 12.3. The number of rotatable bonds is 5.